The number of allylic oxidation sites excluding steroid dienone is 1. The van der Waals surface area contributed by atoms with Crippen LogP contribution in [0.3, 0.4) is 0 Å². The first kappa shape index (κ1) is 20.7. The van der Waals surface area contributed by atoms with Crippen molar-refractivity contribution in [2.75, 3.05) is 0 Å². The van der Waals surface area contributed by atoms with Gasteiger partial charge >= 0.3 is 11.9 Å². The van der Waals surface area contributed by atoms with Gasteiger partial charge in [-0.05, 0) is 48.5 Å². The first-order chi connectivity index (χ1) is 17.0. The number of carboxylic acids is 1. The van der Waals surface area contributed by atoms with Crippen LogP contribution >= 0.6 is 0 Å². The Hall–Kier alpha value is -4.85. The Kier molecular flexibility index (Phi) is 4.67. The molecule has 0 saturated heterocycles. The Labute approximate surface area is 198 Å². The number of carbonyl (C=O) groups excluding carboxylic acids is 2. The van der Waals surface area contributed by atoms with Crippen molar-refractivity contribution in [3.8, 4) is 22.8 Å². The van der Waals surface area contributed by atoms with Crippen molar-refractivity contribution in [1.29, 1.82) is 0 Å². The molecule has 0 radical (unpaired) electrons. The van der Waals surface area contributed by atoms with Crippen LogP contribution in [0.5, 0.6) is 11.5 Å². The van der Waals surface area contributed by atoms with Gasteiger partial charge in [0.1, 0.15) is 28.8 Å². The normalized spacial score (nSPS) is 17.6. The molecule has 0 fully saturated rings. The van der Waals surface area contributed by atoms with Gasteiger partial charge in [-0.25, -0.2) is 4.79 Å². The maximum Gasteiger partial charge on any atom is 0.335 e. The lowest BCUT2D eigenvalue weighted by Crippen LogP contribution is -2.21. The molecule has 4 aromatic rings. The molecule has 1 atom stereocenters. The van der Waals surface area contributed by atoms with Gasteiger partial charge in [0.25, 0.3) is 0 Å². The Morgan fingerprint density at radius 3 is 2.54 bits per heavy atom. The molecule has 0 saturated carbocycles. The van der Waals surface area contributed by atoms with E-state index in [9.17, 15) is 14.4 Å². The highest BCUT2D eigenvalue weighted by atomic mass is 16.5. The molecule has 1 N–H and O–H groups in total. The number of ketones is 1. The number of fused-ring (bicyclic) bond motifs is 3. The number of carboxylic acid groups (broad SMARTS) is 1. The number of furan rings is 2. The SMILES string of the molecule is O=C1C[C@@H](c2ccc(-c3ccc(C(=O)O)cc3)o2)c2c(ccc3c2O/C(=C\c2ccco2)C3=O)O1. The summed E-state index contributed by atoms with van der Waals surface area (Å²) in [4.78, 5) is 36.5. The summed E-state index contributed by atoms with van der Waals surface area (Å²) >= 11 is 0. The monoisotopic (exact) mass is 468 g/mol. The minimum atomic E-state index is -1.02. The molecule has 0 unspecified atom stereocenters. The number of rotatable bonds is 4. The molecule has 0 bridgehead atoms. The highest BCUT2D eigenvalue weighted by Gasteiger charge is 2.39. The second-order valence-electron chi connectivity index (χ2n) is 8.12. The van der Waals surface area contributed by atoms with E-state index in [-0.39, 0.29) is 23.5 Å². The van der Waals surface area contributed by atoms with Crippen LogP contribution in [0.25, 0.3) is 17.4 Å². The highest BCUT2D eigenvalue weighted by Crippen LogP contribution is 2.49. The van der Waals surface area contributed by atoms with Gasteiger partial charge in [-0.15, -0.1) is 0 Å². The Balaban J connectivity index is 1.39. The number of aromatic carboxylic acids is 1. The molecule has 6 rings (SSSR count). The lowest BCUT2D eigenvalue weighted by molar-refractivity contribution is -0.135. The molecule has 2 aromatic heterocycles. The summed E-state index contributed by atoms with van der Waals surface area (Å²) in [5.41, 5.74) is 1.77. The van der Waals surface area contributed by atoms with Crippen molar-refractivity contribution in [1.82, 2.24) is 0 Å². The van der Waals surface area contributed by atoms with E-state index >= 15 is 0 Å². The van der Waals surface area contributed by atoms with Crippen LogP contribution in [0.2, 0.25) is 0 Å². The first-order valence-electron chi connectivity index (χ1n) is 10.8. The highest BCUT2D eigenvalue weighted by molar-refractivity contribution is 6.15. The van der Waals surface area contributed by atoms with Crippen LogP contribution in [0.4, 0.5) is 0 Å². The van der Waals surface area contributed by atoms with E-state index in [0.717, 1.165) is 0 Å². The van der Waals surface area contributed by atoms with Crippen LogP contribution in [0, 0.1) is 0 Å². The number of ether oxygens (including phenoxy) is 2. The summed E-state index contributed by atoms with van der Waals surface area (Å²) < 4.78 is 22.8. The van der Waals surface area contributed by atoms with Crippen LogP contribution in [-0.2, 0) is 4.79 Å². The van der Waals surface area contributed by atoms with Crippen molar-refractivity contribution in [2.24, 2.45) is 0 Å². The summed E-state index contributed by atoms with van der Waals surface area (Å²) in [6, 6.07) is 16.4. The number of carbonyl (C=O) groups is 3. The molecule has 0 spiro atoms. The van der Waals surface area contributed by atoms with E-state index in [1.165, 1.54) is 24.5 Å². The van der Waals surface area contributed by atoms with Gasteiger partial charge in [0.05, 0.1) is 29.7 Å². The molecule has 35 heavy (non-hydrogen) atoms. The first-order valence-corrected chi connectivity index (χ1v) is 10.8. The third-order valence-electron chi connectivity index (χ3n) is 5.98. The van der Waals surface area contributed by atoms with Gasteiger partial charge in [0, 0.05) is 17.2 Å². The Bertz CT molecular complexity index is 1520. The lowest BCUT2D eigenvalue weighted by atomic mass is 9.88. The second kappa shape index (κ2) is 7.88. The minimum Gasteiger partial charge on any atom is -0.478 e. The molecular formula is C27H16O8. The average molecular weight is 468 g/mol. The van der Waals surface area contributed by atoms with E-state index in [4.69, 9.17) is 23.4 Å². The van der Waals surface area contributed by atoms with Crippen molar-refractivity contribution < 1.29 is 37.8 Å². The molecule has 172 valence electrons. The maximum absolute atomic E-state index is 13.0. The van der Waals surface area contributed by atoms with E-state index in [1.807, 2.05) is 0 Å². The van der Waals surface area contributed by atoms with Crippen molar-refractivity contribution >= 4 is 23.8 Å². The molecule has 8 heteroatoms. The predicted octanol–water partition coefficient (Wildman–Crippen LogP) is 5.30. The average Bonchev–Trinajstić information content (AvgIpc) is 3.60. The number of benzene rings is 2. The van der Waals surface area contributed by atoms with Crippen LogP contribution in [0.1, 0.15) is 50.1 Å². The fourth-order valence-corrected chi connectivity index (χ4v) is 4.32. The van der Waals surface area contributed by atoms with Gasteiger partial charge in [-0.1, -0.05) is 12.1 Å². The molecule has 2 aliphatic rings. The fourth-order valence-electron chi connectivity index (χ4n) is 4.32. The van der Waals surface area contributed by atoms with Gasteiger partial charge in [0.15, 0.2) is 5.76 Å². The Morgan fingerprint density at radius 2 is 1.80 bits per heavy atom. The van der Waals surface area contributed by atoms with Crippen molar-refractivity contribution in [3.05, 3.63) is 101 Å². The van der Waals surface area contributed by atoms with Crippen LogP contribution in [0.15, 0.2) is 81.5 Å². The van der Waals surface area contributed by atoms with Crippen molar-refractivity contribution in [3.63, 3.8) is 0 Å². The maximum atomic E-state index is 13.0. The van der Waals surface area contributed by atoms with Gasteiger partial charge in [-0.2, -0.15) is 0 Å². The van der Waals surface area contributed by atoms with Crippen molar-refractivity contribution in [2.45, 2.75) is 12.3 Å². The van der Waals surface area contributed by atoms with E-state index < -0.39 is 17.9 Å². The summed E-state index contributed by atoms with van der Waals surface area (Å²) in [7, 11) is 0. The smallest absolute Gasteiger partial charge is 0.335 e. The largest absolute Gasteiger partial charge is 0.478 e. The minimum absolute atomic E-state index is 0.00312. The second-order valence-corrected chi connectivity index (χ2v) is 8.12. The van der Waals surface area contributed by atoms with Gasteiger partial charge < -0.3 is 23.4 Å². The molecular weight excluding hydrogens is 452 g/mol. The molecule has 0 amide bonds. The Morgan fingerprint density at radius 1 is 0.971 bits per heavy atom. The number of hydrogen-bond donors (Lipinski definition) is 1. The molecule has 4 heterocycles. The topological polar surface area (TPSA) is 116 Å². The number of hydrogen-bond acceptors (Lipinski definition) is 7. The zero-order chi connectivity index (χ0) is 24.1. The van der Waals surface area contributed by atoms with Gasteiger partial charge in [-0.3, -0.25) is 9.59 Å². The third-order valence-corrected chi connectivity index (χ3v) is 5.98. The summed E-state index contributed by atoms with van der Waals surface area (Å²) in [6.45, 7) is 0. The molecule has 0 aliphatic carbocycles. The van der Waals surface area contributed by atoms with Crippen LogP contribution < -0.4 is 9.47 Å². The van der Waals surface area contributed by atoms with Gasteiger partial charge in [0.2, 0.25) is 5.78 Å². The molecule has 2 aromatic carbocycles. The number of Topliss-reactive ketones (excluding diaryl/α,β-unsaturated/α-hetero) is 1. The summed E-state index contributed by atoms with van der Waals surface area (Å²) in [5.74, 6) is -0.0570. The van der Waals surface area contributed by atoms with E-state index in [0.29, 0.717) is 45.5 Å². The summed E-state index contributed by atoms with van der Waals surface area (Å²) in [6.07, 6.45) is 3.02. The fraction of sp³-hybridized carbons (Fsp3) is 0.0741. The predicted molar refractivity (Wildman–Crippen MR) is 121 cm³/mol. The quantitative estimate of drug-likeness (QED) is 0.244. The zero-order valence-corrected chi connectivity index (χ0v) is 18.0. The van der Waals surface area contributed by atoms with E-state index in [2.05, 4.69) is 0 Å². The molecule has 8 nitrogen and oxygen atoms in total. The standard InChI is InChI=1S/C27H16O8/c28-23-13-18(20-10-9-19(33-20)14-3-5-15(6-4-14)27(30)31)24-21(34-23)8-7-17-25(29)22(35-26(17)24)12-16-2-1-11-32-16/h1-12,18H,13H2,(H,30,31)/b22-12-/t18-/m0/s1. The zero-order valence-electron chi connectivity index (χ0n) is 18.0. The summed E-state index contributed by atoms with van der Waals surface area (Å²) in [5, 5.41) is 9.11. The number of esters is 1. The van der Waals surface area contributed by atoms with E-state index in [1.54, 1.807) is 48.5 Å². The lowest BCUT2D eigenvalue weighted by Gasteiger charge is -2.24. The third kappa shape index (κ3) is 3.52. The van der Waals surface area contributed by atoms with Crippen LogP contribution in [-0.4, -0.2) is 22.8 Å². The molecule has 2 aliphatic heterocycles.